The molecule has 0 amide bonds. The molecule has 0 radical (unpaired) electrons. The zero-order valence-corrected chi connectivity index (χ0v) is 19.2. The molecule has 10 heteroatoms. The van der Waals surface area contributed by atoms with Crippen LogP contribution in [0, 0.1) is 11.6 Å². The maximum Gasteiger partial charge on any atom is 0.227 e. The first-order valence-corrected chi connectivity index (χ1v) is 10.7. The molecule has 0 saturated heterocycles. The lowest BCUT2D eigenvalue weighted by atomic mass is 10.1. The van der Waals surface area contributed by atoms with Gasteiger partial charge in [0.15, 0.2) is 28.8 Å². The molecule has 3 rings (SSSR count). The number of aryl methyl sites for hydroxylation is 1. The summed E-state index contributed by atoms with van der Waals surface area (Å²) < 4.78 is 50.4. The number of ether oxygens (including phenoxy) is 4. The van der Waals surface area contributed by atoms with Gasteiger partial charge < -0.3 is 24.3 Å². The number of nitrogens with zero attached hydrogens (tertiary/aromatic N) is 2. The Balaban J connectivity index is 1.69. The fourth-order valence-corrected chi connectivity index (χ4v) is 3.09. The van der Waals surface area contributed by atoms with Gasteiger partial charge >= 0.3 is 0 Å². The van der Waals surface area contributed by atoms with Crippen LogP contribution in [0.5, 0.6) is 23.0 Å². The molecular weight excluding hydrogens is 456 g/mol. The number of nitrogens with one attached hydrogen (secondary N) is 1. The van der Waals surface area contributed by atoms with E-state index in [1.54, 1.807) is 32.2 Å². The summed E-state index contributed by atoms with van der Waals surface area (Å²) in [5.74, 6) is 0.505. The molecule has 3 aromatic rings. The first-order valence-electron chi connectivity index (χ1n) is 10.1. The van der Waals surface area contributed by atoms with Crippen molar-refractivity contribution in [1.82, 2.24) is 9.97 Å². The van der Waals surface area contributed by atoms with Crippen LogP contribution in [0.1, 0.15) is 18.1 Å². The number of methoxy groups -OCH3 is 2. The van der Waals surface area contributed by atoms with E-state index >= 15 is 0 Å². The van der Waals surface area contributed by atoms with Gasteiger partial charge in [0, 0.05) is 11.8 Å². The number of hydrogen-bond donors (Lipinski definition) is 1. The largest absolute Gasteiger partial charge is 0.494 e. The van der Waals surface area contributed by atoms with Crippen molar-refractivity contribution in [2.24, 2.45) is 0 Å². The van der Waals surface area contributed by atoms with Crippen LogP contribution in [0.15, 0.2) is 36.7 Å². The van der Waals surface area contributed by atoms with Crippen molar-refractivity contribution in [1.29, 1.82) is 0 Å². The zero-order chi connectivity index (χ0) is 23.8. The van der Waals surface area contributed by atoms with E-state index in [0.29, 0.717) is 47.6 Å². The van der Waals surface area contributed by atoms with E-state index in [2.05, 4.69) is 15.3 Å². The molecule has 0 aliphatic heterocycles. The lowest BCUT2D eigenvalue weighted by Gasteiger charge is -2.14. The van der Waals surface area contributed by atoms with Crippen LogP contribution in [0.3, 0.4) is 0 Å². The third-order valence-corrected chi connectivity index (χ3v) is 4.85. The van der Waals surface area contributed by atoms with Crippen LogP contribution in [0.25, 0.3) is 0 Å². The summed E-state index contributed by atoms with van der Waals surface area (Å²) in [6.07, 6.45) is 3.20. The summed E-state index contributed by atoms with van der Waals surface area (Å²) in [5, 5.41) is 3.04. The lowest BCUT2D eigenvalue weighted by molar-refractivity contribution is 0.285. The van der Waals surface area contributed by atoms with Gasteiger partial charge in [-0.15, -0.1) is 11.6 Å². The number of anilines is 2. The Bertz CT molecular complexity index is 1060. The Morgan fingerprint density at radius 1 is 0.939 bits per heavy atom. The average Bonchev–Trinajstić information content (AvgIpc) is 2.84. The quantitative estimate of drug-likeness (QED) is 0.375. The molecule has 0 bridgehead atoms. The molecule has 1 N–H and O–H groups in total. The van der Waals surface area contributed by atoms with Crippen LogP contribution in [0.2, 0.25) is 0 Å². The molecule has 7 nitrogen and oxygen atoms in total. The monoisotopic (exact) mass is 479 g/mol. The number of rotatable bonds is 11. The number of alkyl halides is 1. The minimum atomic E-state index is -0.793. The van der Waals surface area contributed by atoms with Crippen molar-refractivity contribution >= 4 is 23.2 Å². The molecule has 0 unspecified atom stereocenters. The van der Waals surface area contributed by atoms with Crippen molar-refractivity contribution in [3.63, 3.8) is 0 Å². The van der Waals surface area contributed by atoms with Crippen molar-refractivity contribution in [2.75, 3.05) is 32.0 Å². The van der Waals surface area contributed by atoms with E-state index in [9.17, 15) is 8.78 Å². The fraction of sp³-hybridized carbons (Fsp3) is 0.304. The molecule has 0 aliphatic carbocycles. The first-order chi connectivity index (χ1) is 16.0. The van der Waals surface area contributed by atoms with Gasteiger partial charge in [0.2, 0.25) is 5.95 Å². The average molecular weight is 480 g/mol. The van der Waals surface area contributed by atoms with Gasteiger partial charge in [0.1, 0.15) is 19.0 Å². The normalized spacial score (nSPS) is 10.6. The van der Waals surface area contributed by atoms with Crippen molar-refractivity contribution in [3.8, 4) is 23.0 Å². The molecule has 0 aliphatic rings. The van der Waals surface area contributed by atoms with Crippen LogP contribution in [-0.4, -0.2) is 36.7 Å². The summed E-state index contributed by atoms with van der Waals surface area (Å²) in [6, 6.07) is 6.60. The van der Waals surface area contributed by atoms with E-state index < -0.39 is 11.6 Å². The molecule has 33 heavy (non-hydrogen) atoms. The first kappa shape index (κ1) is 24.3. The smallest absolute Gasteiger partial charge is 0.227 e. The molecule has 0 fully saturated rings. The number of benzene rings is 2. The minimum Gasteiger partial charge on any atom is -0.494 e. The third kappa shape index (κ3) is 5.92. The Morgan fingerprint density at radius 3 is 2.30 bits per heavy atom. The Morgan fingerprint density at radius 2 is 1.67 bits per heavy atom. The summed E-state index contributed by atoms with van der Waals surface area (Å²) in [7, 11) is 2.87. The Kier molecular flexibility index (Phi) is 8.48. The van der Waals surface area contributed by atoms with E-state index in [1.807, 2.05) is 0 Å². The highest BCUT2D eigenvalue weighted by atomic mass is 35.5. The number of hydrogen-bond acceptors (Lipinski definition) is 7. The van der Waals surface area contributed by atoms with Gasteiger partial charge in [-0.2, -0.15) is 0 Å². The molecule has 1 heterocycles. The van der Waals surface area contributed by atoms with Gasteiger partial charge in [-0.3, -0.25) is 0 Å². The zero-order valence-electron chi connectivity index (χ0n) is 18.5. The van der Waals surface area contributed by atoms with Crippen LogP contribution < -0.4 is 24.3 Å². The summed E-state index contributed by atoms with van der Waals surface area (Å²) >= 11 is 5.68. The van der Waals surface area contributed by atoms with E-state index in [4.69, 9.17) is 30.5 Å². The molecule has 2 aromatic carbocycles. The standard InChI is InChI=1S/C23H24ClF2N3O4/c1-4-14-9-20(31-3)22(26)17(21(14)25)13-33-16-11-27-23(28-12-16)29-15-5-6-18(30-2)19(10-15)32-8-7-24/h5-6,9-12H,4,7-8,13H2,1-3H3,(H,27,28,29). The van der Waals surface area contributed by atoms with Gasteiger partial charge in [-0.25, -0.2) is 18.7 Å². The lowest BCUT2D eigenvalue weighted by Crippen LogP contribution is -2.07. The van der Waals surface area contributed by atoms with E-state index in [-0.39, 0.29) is 23.7 Å². The van der Waals surface area contributed by atoms with Gasteiger partial charge in [-0.1, -0.05) is 6.92 Å². The van der Waals surface area contributed by atoms with Crippen molar-refractivity contribution in [3.05, 3.63) is 59.4 Å². The maximum absolute atomic E-state index is 14.6. The highest BCUT2D eigenvalue weighted by molar-refractivity contribution is 6.18. The molecule has 0 atom stereocenters. The molecule has 0 spiro atoms. The fourth-order valence-electron chi connectivity index (χ4n) is 3.01. The molecule has 176 valence electrons. The molecule has 1 aromatic heterocycles. The predicted octanol–water partition coefficient (Wildman–Crippen LogP) is 5.27. The van der Waals surface area contributed by atoms with Gasteiger partial charge in [-0.05, 0) is 30.2 Å². The second kappa shape index (κ2) is 11.5. The van der Waals surface area contributed by atoms with Crippen LogP contribution in [0.4, 0.5) is 20.4 Å². The second-order valence-corrected chi connectivity index (χ2v) is 7.14. The summed E-state index contributed by atoms with van der Waals surface area (Å²) in [4.78, 5) is 8.36. The van der Waals surface area contributed by atoms with Crippen LogP contribution in [-0.2, 0) is 13.0 Å². The van der Waals surface area contributed by atoms with Crippen molar-refractivity contribution in [2.45, 2.75) is 20.0 Å². The molecular formula is C23H24ClF2N3O4. The maximum atomic E-state index is 14.6. The highest BCUT2D eigenvalue weighted by Gasteiger charge is 2.19. The van der Waals surface area contributed by atoms with Gasteiger partial charge in [0.25, 0.3) is 0 Å². The highest BCUT2D eigenvalue weighted by Crippen LogP contribution is 2.31. The minimum absolute atomic E-state index is 0.0310. The third-order valence-electron chi connectivity index (χ3n) is 4.70. The SMILES string of the molecule is CCc1cc(OC)c(F)c(COc2cnc(Nc3ccc(OC)c(OCCCl)c3)nc2)c1F. The Labute approximate surface area is 195 Å². The van der Waals surface area contributed by atoms with E-state index in [0.717, 1.165) is 0 Å². The number of aromatic nitrogens is 2. The Hall–Kier alpha value is -3.33. The molecule has 0 saturated carbocycles. The predicted molar refractivity (Wildman–Crippen MR) is 121 cm³/mol. The van der Waals surface area contributed by atoms with Gasteiger partial charge in [0.05, 0.1) is 38.1 Å². The second-order valence-electron chi connectivity index (χ2n) is 6.76. The van der Waals surface area contributed by atoms with E-state index in [1.165, 1.54) is 25.6 Å². The summed E-state index contributed by atoms with van der Waals surface area (Å²) in [6.45, 7) is 1.77. The number of halogens is 3. The van der Waals surface area contributed by atoms with Crippen LogP contribution >= 0.6 is 11.6 Å². The van der Waals surface area contributed by atoms with Crippen molar-refractivity contribution < 1.29 is 27.7 Å². The summed E-state index contributed by atoms with van der Waals surface area (Å²) in [5.41, 5.74) is 0.800. The topological polar surface area (TPSA) is 74.7 Å².